The molecule has 1 atom stereocenters. The summed E-state index contributed by atoms with van der Waals surface area (Å²) in [7, 11) is 0. The van der Waals surface area contributed by atoms with E-state index in [-0.39, 0.29) is 0 Å². The third-order valence-corrected chi connectivity index (χ3v) is 2.67. The monoisotopic (exact) mass is 206 g/mol. The van der Waals surface area contributed by atoms with Crippen molar-refractivity contribution in [3.05, 3.63) is 29.6 Å². The number of pyridine rings is 1. The van der Waals surface area contributed by atoms with Crippen molar-refractivity contribution < 1.29 is 4.74 Å². The molecule has 0 unspecified atom stereocenters. The predicted octanol–water partition coefficient (Wildman–Crippen LogP) is 1.66. The van der Waals surface area contributed by atoms with E-state index in [1.54, 1.807) is 0 Å². The molecule has 0 amide bonds. The molecule has 0 aromatic carbocycles. The van der Waals surface area contributed by atoms with Gasteiger partial charge in [-0.25, -0.2) is 0 Å². The largest absolute Gasteiger partial charge is 0.372 e. The lowest BCUT2D eigenvalue weighted by Crippen LogP contribution is -2.35. The second-order valence-electron chi connectivity index (χ2n) is 4.15. The zero-order chi connectivity index (χ0) is 10.5. The molecule has 2 rings (SSSR count). The zero-order valence-corrected chi connectivity index (χ0v) is 9.20. The van der Waals surface area contributed by atoms with E-state index < -0.39 is 0 Å². The average Bonchev–Trinajstić information content (AvgIpc) is 2.28. The van der Waals surface area contributed by atoms with Crippen molar-refractivity contribution in [2.45, 2.75) is 32.5 Å². The van der Waals surface area contributed by atoms with E-state index >= 15 is 0 Å². The predicted molar refractivity (Wildman–Crippen MR) is 59.7 cm³/mol. The highest BCUT2D eigenvalue weighted by Gasteiger charge is 2.12. The van der Waals surface area contributed by atoms with E-state index in [0.29, 0.717) is 12.7 Å². The molecule has 0 saturated carbocycles. The van der Waals surface area contributed by atoms with Crippen LogP contribution < -0.4 is 5.32 Å². The maximum atomic E-state index is 5.82. The number of nitrogens with zero attached hydrogens (tertiary/aromatic N) is 1. The van der Waals surface area contributed by atoms with Crippen LogP contribution in [0, 0.1) is 6.92 Å². The number of aromatic nitrogens is 1. The van der Waals surface area contributed by atoms with Gasteiger partial charge in [-0.15, -0.1) is 0 Å². The maximum Gasteiger partial charge on any atom is 0.0736 e. The lowest BCUT2D eigenvalue weighted by molar-refractivity contribution is 0.0251. The molecule has 2 heterocycles. The van der Waals surface area contributed by atoms with E-state index in [4.69, 9.17) is 4.74 Å². The molecule has 1 aromatic heterocycles. The molecular formula is C12H18N2O. The van der Waals surface area contributed by atoms with Crippen molar-refractivity contribution >= 4 is 0 Å². The smallest absolute Gasteiger partial charge is 0.0736 e. The van der Waals surface area contributed by atoms with Gasteiger partial charge < -0.3 is 10.1 Å². The number of ether oxygens (including phenoxy) is 1. The van der Waals surface area contributed by atoms with Crippen LogP contribution in [-0.2, 0) is 11.3 Å². The Kier molecular flexibility index (Phi) is 3.69. The van der Waals surface area contributed by atoms with Crippen LogP contribution in [0.15, 0.2) is 18.5 Å². The highest BCUT2D eigenvalue weighted by Crippen LogP contribution is 2.10. The van der Waals surface area contributed by atoms with Crippen molar-refractivity contribution in [3.63, 3.8) is 0 Å². The van der Waals surface area contributed by atoms with Gasteiger partial charge in [0.05, 0.1) is 12.7 Å². The fourth-order valence-electron chi connectivity index (χ4n) is 1.87. The van der Waals surface area contributed by atoms with Gasteiger partial charge in [0, 0.05) is 18.9 Å². The topological polar surface area (TPSA) is 34.1 Å². The van der Waals surface area contributed by atoms with Crippen LogP contribution in [0.3, 0.4) is 0 Å². The molecule has 0 spiro atoms. The molecule has 1 saturated heterocycles. The minimum atomic E-state index is 0.374. The standard InChI is InChI=1S/C12H18N2O/c1-10-5-11(7-14-6-10)9-15-12-3-2-4-13-8-12/h5-7,12-13H,2-4,8-9H2,1H3/t12-/m0/s1. The maximum absolute atomic E-state index is 5.82. The number of nitrogens with one attached hydrogen (secondary N) is 1. The summed E-state index contributed by atoms with van der Waals surface area (Å²) in [4.78, 5) is 4.15. The molecule has 15 heavy (non-hydrogen) atoms. The van der Waals surface area contributed by atoms with E-state index in [0.717, 1.165) is 13.1 Å². The van der Waals surface area contributed by atoms with Crippen LogP contribution in [0.4, 0.5) is 0 Å². The Balaban J connectivity index is 1.81. The molecule has 0 radical (unpaired) electrons. The molecule has 1 aliphatic heterocycles. The number of aryl methyl sites for hydroxylation is 1. The Morgan fingerprint density at radius 1 is 1.53 bits per heavy atom. The molecule has 0 bridgehead atoms. The van der Waals surface area contributed by atoms with Gasteiger partial charge >= 0.3 is 0 Å². The Labute approximate surface area is 90.9 Å². The molecular weight excluding hydrogens is 188 g/mol. The number of hydrogen-bond acceptors (Lipinski definition) is 3. The van der Waals surface area contributed by atoms with E-state index in [2.05, 4.69) is 23.3 Å². The molecule has 1 fully saturated rings. The summed E-state index contributed by atoms with van der Waals surface area (Å²) in [6.07, 6.45) is 6.51. The summed E-state index contributed by atoms with van der Waals surface area (Å²) >= 11 is 0. The third-order valence-electron chi connectivity index (χ3n) is 2.67. The number of piperidine rings is 1. The van der Waals surface area contributed by atoms with Gasteiger partial charge in [0.1, 0.15) is 0 Å². The summed E-state index contributed by atoms with van der Waals surface area (Å²) in [6.45, 7) is 4.85. The Morgan fingerprint density at radius 2 is 2.47 bits per heavy atom. The summed E-state index contributed by atoms with van der Waals surface area (Å²) in [5.74, 6) is 0. The molecule has 1 N–H and O–H groups in total. The summed E-state index contributed by atoms with van der Waals surface area (Å²) in [5.41, 5.74) is 2.36. The van der Waals surface area contributed by atoms with Crippen LogP contribution in [0.25, 0.3) is 0 Å². The fraction of sp³-hybridized carbons (Fsp3) is 0.583. The van der Waals surface area contributed by atoms with Gasteiger partial charge in [-0.3, -0.25) is 4.98 Å². The van der Waals surface area contributed by atoms with Crippen LogP contribution >= 0.6 is 0 Å². The zero-order valence-electron chi connectivity index (χ0n) is 9.20. The van der Waals surface area contributed by atoms with Crippen LogP contribution in [0.2, 0.25) is 0 Å². The van der Waals surface area contributed by atoms with Gasteiger partial charge in [0.15, 0.2) is 0 Å². The molecule has 0 aliphatic carbocycles. The Hall–Kier alpha value is -0.930. The van der Waals surface area contributed by atoms with E-state index in [1.165, 1.54) is 24.0 Å². The fourth-order valence-corrected chi connectivity index (χ4v) is 1.87. The average molecular weight is 206 g/mol. The van der Waals surface area contributed by atoms with E-state index in [1.807, 2.05) is 12.4 Å². The summed E-state index contributed by atoms with van der Waals surface area (Å²) in [6, 6.07) is 2.13. The third kappa shape index (κ3) is 3.29. The first kappa shape index (κ1) is 10.6. The van der Waals surface area contributed by atoms with E-state index in [9.17, 15) is 0 Å². The van der Waals surface area contributed by atoms with Crippen LogP contribution in [0.1, 0.15) is 24.0 Å². The lowest BCUT2D eigenvalue weighted by Gasteiger charge is -2.23. The molecule has 3 heteroatoms. The summed E-state index contributed by atoms with van der Waals surface area (Å²) < 4.78 is 5.82. The first-order valence-electron chi connectivity index (χ1n) is 5.57. The Bertz CT molecular complexity index is 308. The quantitative estimate of drug-likeness (QED) is 0.816. The minimum absolute atomic E-state index is 0.374. The van der Waals surface area contributed by atoms with Crippen molar-refractivity contribution in [2.24, 2.45) is 0 Å². The second-order valence-corrected chi connectivity index (χ2v) is 4.15. The van der Waals surface area contributed by atoms with Gasteiger partial charge in [-0.2, -0.15) is 0 Å². The van der Waals surface area contributed by atoms with Crippen molar-refractivity contribution in [1.82, 2.24) is 10.3 Å². The second kappa shape index (κ2) is 5.24. The Morgan fingerprint density at radius 3 is 3.20 bits per heavy atom. The normalized spacial score (nSPS) is 21.5. The highest BCUT2D eigenvalue weighted by molar-refractivity contribution is 5.15. The van der Waals surface area contributed by atoms with Gasteiger partial charge in [0.2, 0.25) is 0 Å². The van der Waals surface area contributed by atoms with Gasteiger partial charge in [-0.1, -0.05) is 6.07 Å². The first-order chi connectivity index (χ1) is 7.34. The SMILES string of the molecule is Cc1cncc(CO[C@H]2CCCNC2)c1. The molecule has 1 aromatic rings. The van der Waals surface area contributed by atoms with Gasteiger partial charge in [0.25, 0.3) is 0 Å². The molecule has 3 nitrogen and oxygen atoms in total. The minimum Gasteiger partial charge on any atom is -0.372 e. The van der Waals surface area contributed by atoms with Gasteiger partial charge in [-0.05, 0) is 37.4 Å². The lowest BCUT2D eigenvalue weighted by atomic mass is 10.1. The van der Waals surface area contributed by atoms with Crippen molar-refractivity contribution in [3.8, 4) is 0 Å². The van der Waals surface area contributed by atoms with Crippen molar-refractivity contribution in [1.29, 1.82) is 0 Å². The first-order valence-corrected chi connectivity index (χ1v) is 5.57. The highest BCUT2D eigenvalue weighted by atomic mass is 16.5. The van der Waals surface area contributed by atoms with Crippen LogP contribution in [-0.4, -0.2) is 24.2 Å². The molecule has 82 valence electrons. The number of rotatable bonds is 3. The number of hydrogen-bond donors (Lipinski definition) is 1. The summed E-state index contributed by atoms with van der Waals surface area (Å²) in [5, 5.41) is 3.34. The van der Waals surface area contributed by atoms with Crippen molar-refractivity contribution in [2.75, 3.05) is 13.1 Å². The molecule has 1 aliphatic rings. The van der Waals surface area contributed by atoms with Crippen LogP contribution in [0.5, 0.6) is 0 Å².